The Kier molecular flexibility index (Phi) is 2.46. The third kappa shape index (κ3) is 1.83. The summed E-state index contributed by atoms with van der Waals surface area (Å²) in [5.41, 5.74) is 0. The van der Waals surface area contributed by atoms with E-state index in [0.29, 0.717) is 0 Å². The summed E-state index contributed by atoms with van der Waals surface area (Å²) in [6.07, 6.45) is 5.14. The number of morpholine rings is 1. The molecule has 64 valence electrons. The molecule has 0 aromatic rings. The number of hydrogen-bond donors (Lipinski definition) is 0. The van der Waals surface area contributed by atoms with Gasteiger partial charge in [0.1, 0.15) is 0 Å². The van der Waals surface area contributed by atoms with Crippen LogP contribution in [0.1, 0.15) is 6.92 Å². The lowest BCUT2D eigenvalue weighted by Crippen LogP contribution is -2.46. The summed E-state index contributed by atoms with van der Waals surface area (Å²) in [5, 5.41) is 0. The van der Waals surface area contributed by atoms with Crippen LogP contribution in [0.5, 0.6) is 0 Å². The molecule has 0 N–H and O–H groups in total. The molecule has 4 heteroatoms. The van der Waals surface area contributed by atoms with Gasteiger partial charge in [-0.15, -0.1) is 6.42 Å². The molecule has 0 aromatic heterocycles. The molecule has 4 nitrogen and oxygen atoms in total. The van der Waals surface area contributed by atoms with Crippen molar-refractivity contribution in [1.29, 1.82) is 0 Å². The van der Waals surface area contributed by atoms with Gasteiger partial charge in [0.25, 0.3) is 0 Å². The first-order valence-electron chi connectivity index (χ1n) is 3.57. The van der Waals surface area contributed by atoms with E-state index in [4.69, 9.17) is 6.42 Å². The molecule has 1 saturated heterocycles. The second kappa shape index (κ2) is 3.37. The number of hydrogen-bond acceptors (Lipinski definition) is 4. The Hall–Kier alpha value is -1.34. The summed E-state index contributed by atoms with van der Waals surface area (Å²) >= 11 is 0. The maximum atomic E-state index is 10.8. The molecule has 0 bridgehead atoms. The fourth-order valence-electron chi connectivity index (χ4n) is 0.958. The zero-order valence-electron chi connectivity index (χ0n) is 6.74. The van der Waals surface area contributed by atoms with Crippen molar-refractivity contribution in [2.75, 3.05) is 13.1 Å². The summed E-state index contributed by atoms with van der Waals surface area (Å²) in [6, 6.07) is -0.207. The van der Waals surface area contributed by atoms with E-state index in [1.165, 1.54) is 0 Å². The summed E-state index contributed by atoms with van der Waals surface area (Å²) in [4.78, 5) is 23.1. The van der Waals surface area contributed by atoms with Crippen molar-refractivity contribution >= 4 is 11.9 Å². The smallest absolute Gasteiger partial charge is 0.327 e. The monoisotopic (exact) mass is 167 g/mol. The molecule has 1 fully saturated rings. The van der Waals surface area contributed by atoms with Crippen LogP contribution in [0.15, 0.2) is 0 Å². The average molecular weight is 167 g/mol. The van der Waals surface area contributed by atoms with Gasteiger partial charge in [-0.1, -0.05) is 5.92 Å². The number of ether oxygens (including phenoxy) is 1. The van der Waals surface area contributed by atoms with Gasteiger partial charge in [0.2, 0.25) is 0 Å². The van der Waals surface area contributed by atoms with Crippen molar-refractivity contribution < 1.29 is 14.3 Å². The fourth-order valence-corrected chi connectivity index (χ4v) is 0.958. The van der Waals surface area contributed by atoms with Crippen LogP contribution >= 0.6 is 0 Å². The highest BCUT2D eigenvalue weighted by molar-refractivity contribution is 5.90. The highest BCUT2D eigenvalue weighted by Crippen LogP contribution is 2.04. The molecule has 0 saturated carbocycles. The molecule has 12 heavy (non-hydrogen) atoms. The molecular formula is C8H9NO3. The Morgan fingerprint density at radius 2 is 2.00 bits per heavy atom. The van der Waals surface area contributed by atoms with Crippen molar-refractivity contribution in [2.45, 2.75) is 13.0 Å². The summed E-state index contributed by atoms with van der Waals surface area (Å²) < 4.78 is 4.32. The van der Waals surface area contributed by atoms with E-state index >= 15 is 0 Å². The van der Waals surface area contributed by atoms with Crippen molar-refractivity contribution in [3.8, 4) is 12.3 Å². The topological polar surface area (TPSA) is 46.6 Å². The minimum absolute atomic E-state index is 0.0944. The highest BCUT2D eigenvalue weighted by atomic mass is 16.6. The van der Waals surface area contributed by atoms with E-state index in [9.17, 15) is 9.59 Å². The predicted octanol–water partition coefficient (Wildman–Crippen LogP) is -0.607. The largest absolute Gasteiger partial charge is 0.391 e. The van der Waals surface area contributed by atoms with Gasteiger partial charge in [-0.2, -0.15) is 0 Å². The normalized spacial score (nSPS) is 21.3. The van der Waals surface area contributed by atoms with Crippen LogP contribution in [-0.4, -0.2) is 36.0 Å². The third-order valence-corrected chi connectivity index (χ3v) is 1.68. The quantitative estimate of drug-likeness (QED) is 0.297. The Labute approximate surface area is 70.5 Å². The van der Waals surface area contributed by atoms with Gasteiger partial charge in [-0.05, 0) is 6.92 Å². The van der Waals surface area contributed by atoms with Gasteiger partial charge in [0.15, 0.2) is 0 Å². The number of cyclic esters (lactones) is 2. The minimum Gasteiger partial charge on any atom is -0.391 e. The van der Waals surface area contributed by atoms with Crippen molar-refractivity contribution in [1.82, 2.24) is 4.90 Å². The van der Waals surface area contributed by atoms with Gasteiger partial charge >= 0.3 is 11.9 Å². The van der Waals surface area contributed by atoms with E-state index in [0.717, 1.165) is 0 Å². The highest BCUT2D eigenvalue weighted by Gasteiger charge is 2.27. The lowest BCUT2D eigenvalue weighted by molar-refractivity contribution is -0.167. The van der Waals surface area contributed by atoms with Crippen LogP contribution < -0.4 is 0 Å². The number of esters is 2. The van der Waals surface area contributed by atoms with E-state index in [-0.39, 0.29) is 19.1 Å². The van der Waals surface area contributed by atoms with Crippen LogP contribution in [0.25, 0.3) is 0 Å². The van der Waals surface area contributed by atoms with Crippen molar-refractivity contribution in [3.63, 3.8) is 0 Å². The molecule has 0 aromatic carbocycles. The first-order chi connectivity index (χ1) is 5.63. The van der Waals surface area contributed by atoms with E-state index in [1.807, 2.05) is 0 Å². The Balaban J connectivity index is 2.62. The number of rotatable bonds is 1. The molecule has 1 rings (SSSR count). The SMILES string of the molecule is C#CC(C)N1CC(=O)OC(=O)C1. The van der Waals surface area contributed by atoms with Crippen molar-refractivity contribution in [2.24, 2.45) is 0 Å². The molecule has 0 spiro atoms. The van der Waals surface area contributed by atoms with Crippen LogP contribution in [0.3, 0.4) is 0 Å². The maximum absolute atomic E-state index is 10.8. The van der Waals surface area contributed by atoms with E-state index in [2.05, 4.69) is 10.7 Å². The lowest BCUT2D eigenvalue weighted by atomic mass is 10.2. The molecule has 0 aliphatic carbocycles. The summed E-state index contributed by atoms with van der Waals surface area (Å²) in [6.45, 7) is 1.94. The number of nitrogens with zero attached hydrogens (tertiary/aromatic N) is 1. The summed E-state index contributed by atoms with van der Waals surface area (Å²) in [7, 11) is 0. The van der Waals surface area contributed by atoms with Crippen LogP contribution in [0.2, 0.25) is 0 Å². The molecule has 1 heterocycles. The van der Waals surface area contributed by atoms with Gasteiger partial charge < -0.3 is 4.74 Å². The zero-order valence-corrected chi connectivity index (χ0v) is 6.74. The predicted molar refractivity (Wildman–Crippen MR) is 41.0 cm³/mol. The summed E-state index contributed by atoms with van der Waals surface area (Å²) in [5.74, 6) is 1.37. The maximum Gasteiger partial charge on any atom is 0.327 e. The molecule has 0 amide bonds. The minimum atomic E-state index is -0.534. The van der Waals surface area contributed by atoms with Gasteiger partial charge in [-0.25, -0.2) is 0 Å². The molecule has 1 aliphatic rings. The second-order valence-corrected chi connectivity index (χ2v) is 2.59. The third-order valence-electron chi connectivity index (χ3n) is 1.68. The van der Waals surface area contributed by atoms with Crippen LogP contribution in [-0.2, 0) is 14.3 Å². The Morgan fingerprint density at radius 1 is 1.50 bits per heavy atom. The van der Waals surface area contributed by atoms with Crippen molar-refractivity contribution in [3.05, 3.63) is 0 Å². The molecule has 0 radical (unpaired) electrons. The number of carbonyl (C=O) groups excluding carboxylic acids is 2. The Bertz CT molecular complexity index is 238. The lowest BCUT2D eigenvalue weighted by Gasteiger charge is -2.26. The second-order valence-electron chi connectivity index (χ2n) is 2.59. The van der Waals surface area contributed by atoms with Crippen LogP contribution in [0.4, 0.5) is 0 Å². The molecule has 1 aliphatic heterocycles. The van der Waals surface area contributed by atoms with E-state index in [1.54, 1.807) is 11.8 Å². The fraction of sp³-hybridized carbons (Fsp3) is 0.500. The first kappa shape index (κ1) is 8.75. The van der Waals surface area contributed by atoms with Gasteiger partial charge in [-0.3, -0.25) is 14.5 Å². The molecule has 1 unspecified atom stereocenters. The molecule has 1 atom stereocenters. The van der Waals surface area contributed by atoms with E-state index < -0.39 is 11.9 Å². The number of carbonyl (C=O) groups is 2. The average Bonchev–Trinajstić information content (AvgIpc) is 2.01. The first-order valence-corrected chi connectivity index (χ1v) is 3.57. The molecular weight excluding hydrogens is 158 g/mol. The van der Waals surface area contributed by atoms with Gasteiger partial charge in [0, 0.05) is 0 Å². The zero-order chi connectivity index (χ0) is 9.14. The van der Waals surface area contributed by atoms with Crippen LogP contribution in [0, 0.1) is 12.3 Å². The number of terminal acetylenes is 1. The Morgan fingerprint density at radius 3 is 2.42 bits per heavy atom. The van der Waals surface area contributed by atoms with Gasteiger partial charge in [0.05, 0.1) is 19.1 Å². The standard InChI is InChI=1S/C8H9NO3/c1-3-6(2)9-4-7(10)12-8(11)5-9/h1,6H,4-5H2,2H3.